The Morgan fingerprint density at radius 3 is 2.90 bits per heavy atom. The average molecular weight is 306 g/mol. The fourth-order valence-corrected chi connectivity index (χ4v) is 4.90. The largest absolute Gasteiger partial charge is 0.493 e. The van der Waals surface area contributed by atoms with E-state index < -0.39 is 0 Å². The van der Waals surface area contributed by atoms with Crippen LogP contribution in [0.3, 0.4) is 0 Å². The number of nitrogens with one attached hydrogen (secondary N) is 1. The zero-order chi connectivity index (χ0) is 14.4. The summed E-state index contributed by atoms with van der Waals surface area (Å²) in [6, 6.07) is 4.66. The molecule has 0 radical (unpaired) electrons. The van der Waals surface area contributed by atoms with Crippen LogP contribution in [0.25, 0.3) is 0 Å². The molecule has 1 heterocycles. The summed E-state index contributed by atoms with van der Waals surface area (Å²) in [6.07, 6.45) is 6.44. The molecule has 3 unspecified atom stereocenters. The van der Waals surface area contributed by atoms with Crippen LogP contribution in [0.5, 0.6) is 5.75 Å². The van der Waals surface area contributed by atoms with Gasteiger partial charge in [-0.3, -0.25) is 0 Å². The highest BCUT2D eigenvalue weighted by Crippen LogP contribution is 2.63. The molecule has 2 aliphatic carbocycles. The molecule has 3 heteroatoms. The van der Waals surface area contributed by atoms with Crippen LogP contribution in [0.2, 0.25) is 5.02 Å². The molecule has 114 valence electrons. The van der Waals surface area contributed by atoms with Crippen LogP contribution in [-0.4, -0.2) is 13.2 Å². The van der Waals surface area contributed by atoms with Crippen molar-refractivity contribution in [1.29, 1.82) is 0 Å². The van der Waals surface area contributed by atoms with Gasteiger partial charge in [-0.15, -0.1) is 0 Å². The SMILES string of the molecule is CCCNC(c1cc(Cl)cc2c1OCC2)C1C2CCCC21. The summed E-state index contributed by atoms with van der Waals surface area (Å²) in [7, 11) is 0. The van der Waals surface area contributed by atoms with E-state index in [9.17, 15) is 0 Å². The Hall–Kier alpha value is -0.730. The van der Waals surface area contributed by atoms with Crippen molar-refractivity contribution in [3.8, 4) is 5.75 Å². The van der Waals surface area contributed by atoms with E-state index in [1.807, 2.05) is 0 Å². The fourth-order valence-electron chi connectivity index (χ4n) is 4.65. The molecule has 3 aliphatic rings. The lowest BCUT2D eigenvalue weighted by Crippen LogP contribution is -2.26. The Morgan fingerprint density at radius 1 is 1.33 bits per heavy atom. The maximum Gasteiger partial charge on any atom is 0.127 e. The number of rotatable bonds is 5. The number of halogens is 1. The molecule has 1 N–H and O–H groups in total. The van der Waals surface area contributed by atoms with Crippen molar-refractivity contribution < 1.29 is 4.74 Å². The van der Waals surface area contributed by atoms with Crippen molar-refractivity contribution in [3.05, 3.63) is 28.3 Å². The summed E-state index contributed by atoms with van der Waals surface area (Å²) < 4.78 is 5.95. The fraction of sp³-hybridized carbons (Fsp3) is 0.667. The molecule has 1 aromatic carbocycles. The van der Waals surface area contributed by atoms with Gasteiger partial charge in [-0.25, -0.2) is 0 Å². The minimum absolute atomic E-state index is 0.436. The molecule has 3 atom stereocenters. The number of ether oxygens (including phenoxy) is 1. The Kier molecular flexibility index (Phi) is 3.63. The maximum atomic E-state index is 6.37. The van der Waals surface area contributed by atoms with Crippen LogP contribution < -0.4 is 10.1 Å². The highest BCUT2D eigenvalue weighted by atomic mass is 35.5. The first-order chi connectivity index (χ1) is 10.3. The van der Waals surface area contributed by atoms with Crippen LogP contribution in [0.1, 0.15) is 49.8 Å². The lowest BCUT2D eigenvalue weighted by molar-refractivity contribution is 0.339. The van der Waals surface area contributed by atoms with Gasteiger partial charge in [-0.05, 0) is 61.3 Å². The van der Waals surface area contributed by atoms with E-state index in [4.69, 9.17) is 16.3 Å². The van der Waals surface area contributed by atoms with E-state index in [0.29, 0.717) is 6.04 Å². The highest BCUT2D eigenvalue weighted by molar-refractivity contribution is 6.30. The van der Waals surface area contributed by atoms with Crippen LogP contribution in [0, 0.1) is 17.8 Å². The first-order valence-electron chi connectivity index (χ1n) is 8.48. The van der Waals surface area contributed by atoms with Crippen molar-refractivity contribution in [2.75, 3.05) is 13.2 Å². The Balaban J connectivity index is 1.67. The second-order valence-corrected chi connectivity index (χ2v) is 7.29. The molecule has 1 aromatic rings. The van der Waals surface area contributed by atoms with E-state index in [1.54, 1.807) is 0 Å². The summed E-state index contributed by atoms with van der Waals surface area (Å²) in [4.78, 5) is 0. The Labute approximate surface area is 132 Å². The lowest BCUT2D eigenvalue weighted by Gasteiger charge is -2.23. The second-order valence-electron chi connectivity index (χ2n) is 6.85. The maximum absolute atomic E-state index is 6.37. The van der Waals surface area contributed by atoms with E-state index >= 15 is 0 Å². The van der Waals surface area contributed by atoms with Gasteiger partial charge in [0.25, 0.3) is 0 Å². The van der Waals surface area contributed by atoms with Crippen molar-refractivity contribution in [3.63, 3.8) is 0 Å². The molecular formula is C18H24ClNO. The summed E-state index contributed by atoms with van der Waals surface area (Å²) in [5.74, 6) is 3.81. The lowest BCUT2D eigenvalue weighted by atomic mass is 9.94. The standard InChI is InChI=1S/C18H24ClNO/c1-2-7-20-17(16-13-4-3-5-14(13)16)15-10-12(19)9-11-6-8-21-18(11)15/h9-10,13-14,16-17,20H,2-8H2,1H3. The normalized spacial score (nSPS) is 30.7. The molecule has 21 heavy (non-hydrogen) atoms. The molecular weight excluding hydrogens is 282 g/mol. The molecule has 2 nitrogen and oxygen atoms in total. The topological polar surface area (TPSA) is 21.3 Å². The Morgan fingerprint density at radius 2 is 2.14 bits per heavy atom. The predicted octanol–water partition coefficient (Wildman–Crippen LogP) is 4.36. The summed E-state index contributed by atoms with van der Waals surface area (Å²) >= 11 is 6.37. The zero-order valence-electron chi connectivity index (χ0n) is 12.7. The number of hydrogen-bond acceptors (Lipinski definition) is 2. The first kappa shape index (κ1) is 13.9. The molecule has 0 aromatic heterocycles. The highest BCUT2D eigenvalue weighted by Gasteiger charge is 2.56. The summed E-state index contributed by atoms with van der Waals surface area (Å²) in [5.41, 5.74) is 2.62. The van der Waals surface area contributed by atoms with Gasteiger partial charge >= 0.3 is 0 Å². The van der Waals surface area contributed by atoms with E-state index in [-0.39, 0.29) is 0 Å². The van der Waals surface area contributed by atoms with Crippen LogP contribution in [-0.2, 0) is 6.42 Å². The number of fused-ring (bicyclic) bond motifs is 2. The minimum Gasteiger partial charge on any atom is -0.493 e. The van der Waals surface area contributed by atoms with Gasteiger partial charge in [-0.1, -0.05) is 24.9 Å². The van der Waals surface area contributed by atoms with Gasteiger partial charge in [0.15, 0.2) is 0 Å². The quantitative estimate of drug-likeness (QED) is 0.872. The van der Waals surface area contributed by atoms with Gasteiger partial charge < -0.3 is 10.1 Å². The summed E-state index contributed by atoms with van der Waals surface area (Å²) in [5, 5.41) is 4.66. The van der Waals surface area contributed by atoms with Gasteiger partial charge in [0, 0.05) is 23.0 Å². The third-order valence-corrected chi connectivity index (χ3v) is 5.80. The minimum atomic E-state index is 0.436. The van der Waals surface area contributed by atoms with Gasteiger partial charge in [0.05, 0.1) is 6.61 Å². The van der Waals surface area contributed by atoms with Crippen molar-refractivity contribution >= 4 is 11.6 Å². The summed E-state index contributed by atoms with van der Waals surface area (Å²) in [6.45, 7) is 4.11. The second kappa shape index (κ2) is 5.48. The van der Waals surface area contributed by atoms with Crippen LogP contribution in [0.4, 0.5) is 0 Å². The molecule has 0 saturated heterocycles. The molecule has 0 bridgehead atoms. The van der Waals surface area contributed by atoms with Crippen molar-refractivity contribution in [1.82, 2.24) is 5.32 Å². The third-order valence-electron chi connectivity index (χ3n) is 5.58. The molecule has 0 amide bonds. The van der Waals surface area contributed by atoms with E-state index in [1.165, 1.54) is 36.8 Å². The number of hydrogen-bond donors (Lipinski definition) is 1. The third kappa shape index (κ3) is 2.37. The van der Waals surface area contributed by atoms with Gasteiger partial charge in [0.1, 0.15) is 5.75 Å². The molecule has 0 spiro atoms. The molecule has 1 aliphatic heterocycles. The zero-order valence-corrected chi connectivity index (χ0v) is 13.5. The van der Waals surface area contributed by atoms with Crippen LogP contribution >= 0.6 is 11.6 Å². The van der Waals surface area contributed by atoms with E-state index in [2.05, 4.69) is 24.4 Å². The number of benzene rings is 1. The molecule has 4 rings (SSSR count). The molecule has 2 fully saturated rings. The van der Waals surface area contributed by atoms with Crippen LogP contribution in [0.15, 0.2) is 12.1 Å². The van der Waals surface area contributed by atoms with Gasteiger partial charge in [-0.2, -0.15) is 0 Å². The molecule has 2 saturated carbocycles. The predicted molar refractivity (Wildman–Crippen MR) is 86.0 cm³/mol. The van der Waals surface area contributed by atoms with Crippen molar-refractivity contribution in [2.45, 2.75) is 45.1 Å². The van der Waals surface area contributed by atoms with Gasteiger partial charge in [0.2, 0.25) is 0 Å². The monoisotopic (exact) mass is 305 g/mol. The average Bonchev–Trinajstić information content (AvgIpc) is 2.87. The smallest absolute Gasteiger partial charge is 0.127 e. The first-order valence-corrected chi connectivity index (χ1v) is 8.86. The Bertz CT molecular complexity index is 534. The van der Waals surface area contributed by atoms with Crippen molar-refractivity contribution in [2.24, 2.45) is 17.8 Å². The van der Waals surface area contributed by atoms with E-state index in [0.717, 1.165) is 48.1 Å².